The number of aryl methyl sites for hydroxylation is 1. The Kier molecular flexibility index (Phi) is 2.85. The summed E-state index contributed by atoms with van der Waals surface area (Å²) in [6.45, 7) is 5.62. The summed E-state index contributed by atoms with van der Waals surface area (Å²) >= 11 is 0. The van der Waals surface area contributed by atoms with Crippen LogP contribution in [0, 0.1) is 6.92 Å². The molecule has 1 unspecified atom stereocenters. The average molecular weight is 204 g/mol. The highest BCUT2D eigenvalue weighted by Gasteiger charge is 2.23. The quantitative estimate of drug-likeness (QED) is 0.750. The first-order valence-corrected chi connectivity index (χ1v) is 5.85. The van der Waals surface area contributed by atoms with Gasteiger partial charge in [-0.15, -0.1) is 0 Å². The Morgan fingerprint density at radius 2 is 2.27 bits per heavy atom. The summed E-state index contributed by atoms with van der Waals surface area (Å²) in [6.07, 6.45) is 3.90. The van der Waals surface area contributed by atoms with Crippen LogP contribution in [0.2, 0.25) is 0 Å². The van der Waals surface area contributed by atoms with Crippen LogP contribution >= 0.6 is 0 Å². The van der Waals surface area contributed by atoms with Crippen molar-refractivity contribution in [3.8, 4) is 0 Å². The summed E-state index contributed by atoms with van der Waals surface area (Å²) < 4.78 is 0. The molecule has 1 aliphatic heterocycles. The third-order valence-electron chi connectivity index (χ3n) is 3.38. The molecule has 0 aromatic heterocycles. The molecule has 1 aromatic rings. The van der Waals surface area contributed by atoms with Crippen molar-refractivity contribution in [2.24, 2.45) is 0 Å². The van der Waals surface area contributed by atoms with Crippen molar-refractivity contribution in [1.82, 2.24) is 0 Å². The normalized spacial score (nSPS) is 20.9. The van der Waals surface area contributed by atoms with Crippen LogP contribution in [0.4, 0.5) is 11.4 Å². The summed E-state index contributed by atoms with van der Waals surface area (Å²) in [7, 11) is 0. The first-order chi connectivity index (χ1) is 7.22. The van der Waals surface area contributed by atoms with Gasteiger partial charge in [0.15, 0.2) is 0 Å². The van der Waals surface area contributed by atoms with Crippen LogP contribution in [-0.2, 0) is 0 Å². The molecular weight excluding hydrogens is 184 g/mol. The predicted molar refractivity (Wildman–Crippen MR) is 66.3 cm³/mol. The molecule has 1 heterocycles. The summed E-state index contributed by atoms with van der Waals surface area (Å²) in [5, 5.41) is 0. The zero-order valence-corrected chi connectivity index (χ0v) is 9.66. The molecule has 0 radical (unpaired) electrons. The smallest absolute Gasteiger partial charge is 0.0399 e. The fourth-order valence-corrected chi connectivity index (χ4v) is 2.58. The molecule has 1 atom stereocenters. The summed E-state index contributed by atoms with van der Waals surface area (Å²) in [6, 6.07) is 6.97. The van der Waals surface area contributed by atoms with Crippen molar-refractivity contribution in [3.05, 3.63) is 23.8 Å². The van der Waals surface area contributed by atoms with Crippen LogP contribution in [0.25, 0.3) is 0 Å². The van der Waals surface area contributed by atoms with Gasteiger partial charge in [-0.3, -0.25) is 0 Å². The molecule has 1 saturated heterocycles. The van der Waals surface area contributed by atoms with E-state index in [1.807, 2.05) is 6.07 Å². The zero-order valence-electron chi connectivity index (χ0n) is 9.66. The lowest BCUT2D eigenvalue weighted by atomic mass is 10.1. The van der Waals surface area contributed by atoms with Gasteiger partial charge >= 0.3 is 0 Å². The predicted octanol–water partition coefficient (Wildman–Crippen LogP) is 2.96. The molecule has 1 aromatic carbocycles. The monoisotopic (exact) mass is 204 g/mol. The third kappa shape index (κ3) is 1.94. The van der Waals surface area contributed by atoms with Gasteiger partial charge in [0.1, 0.15) is 0 Å². The van der Waals surface area contributed by atoms with Gasteiger partial charge in [0.2, 0.25) is 0 Å². The van der Waals surface area contributed by atoms with Gasteiger partial charge < -0.3 is 10.6 Å². The number of nitrogen functional groups attached to an aromatic ring is 1. The van der Waals surface area contributed by atoms with E-state index in [0.29, 0.717) is 0 Å². The Morgan fingerprint density at radius 3 is 2.93 bits per heavy atom. The lowest BCUT2D eigenvalue weighted by Gasteiger charge is -2.27. The average Bonchev–Trinajstić information content (AvgIpc) is 2.65. The number of hydrogen-bond acceptors (Lipinski definition) is 2. The minimum absolute atomic E-state index is 0.729. The van der Waals surface area contributed by atoms with E-state index < -0.39 is 0 Å². The number of nitrogens with two attached hydrogens (primary N) is 1. The first kappa shape index (κ1) is 10.3. The van der Waals surface area contributed by atoms with Gasteiger partial charge in [-0.1, -0.05) is 6.92 Å². The van der Waals surface area contributed by atoms with Crippen LogP contribution in [0.1, 0.15) is 31.7 Å². The molecule has 2 rings (SSSR count). The number of rotatable bonds is 2. The van der Waals surface area contributed by atoms with Gasteiger partial charge in [0, 0.05) is 24.0 Å². The van der Waals surface area contributed by atoms with Gasteiger partial charge in [0.25, 0.3) is 0 Å². The SMILES string of the molecule is CCC1CCCN1c1ccc(N)cc1C. The standard InChI is InChI=1S/C13H20N2/c1-3-12-5-4-8-15(12)13-7-6-11(14)9-10(13)2/h6-7,9,12H,3-5,8,14H2,1-2H3. The van der Waals surface area contributed by atoms with E-state index in [2.05, 4.69) is 30.9 Å². The number of benzene rings is 1. The maximum Gasteiger partial charge on any atom is 0.0399 e. The maximum absolute atomic E-state index is 5.77. The molecule has 1 fully saturated rings. The van der Waals surface area contributed by atoms with Crippen LogP contribution in [-0.4, -0.2) is 12.6 Å². The molecule has 2 heteroatoms. The number of anilines is 2. The van der Waals surface area contributed by atoms with Crippen LogP contribution < -0.4 is 10.6 Å². The van der Waals surface area contributed by atoms with Gasteiger partial charge in [-0.05, 0) is 49.9 Å². The van der Waals surface area contributed by atoms with Crippen molar-refractivity contribution >= 4 is 11.4 Å². The van der Waals surface area contributed by atoms with E-state index >= 15 is 0 Å². The van der Waals surface area contributed by atoms with Crippen molar-refractivity contribution < 1.29 is 0 Å². The second-order valence-corrected chi connectivity index (χ2v) is 4.44. The number of nitrogens with zero attached hydrogens (tertiary/aromatic N) is 1. The molecule has 82 valence electrons. The molecule has 0 amide bonds. The molecule has 2 N–H and O–H groups in total. The zero-order chi connectivity index (χ0) is 10.8. The molecule has 0 aliphatic carbocycles. The molecule has 0 saturated carbocycles. The molecule has 0 spiro atoms. The number of hydrogen-bond donors (Lipinski definition) is 1. The minimum Gasteiger partial charge on any atom is -0.399 e. The first-order valence-electron chi connectivity index (χ1n) is 5.85. The van der Waals surface area contributed by atoms with E-state index in [4.69, 9.17) is 5.73 Å². The molecule has 15 heavy (non-hydrogen) atoms. The Morgan fingerprint density at radius 1 is 1.47 bits per heavy atom. The Labute approximate surface area is 92.1 Å². The fraction of sp³-hybridized carbons (Fsp3) is 0.538. The van der Waals surface area contributed by atoms with E-state index in [-0.39, 0.29) is 0 Å². The van der Waals surface area contributed by atoms with Gasteiger partial charge in [0.05, 0.1) is 0 Å². The Balaban J connectivity index is 2.28. The van der Waals surface area contributed by atoms with E-state index in [1.165, 1.54) is 37.1 Å². The van der Waals surface area contributed by atoms with Crippen molar-refractivity contribution in [3.63, 3.8) is 0 Å². The largest absolute Gasteiger partial charge is 0.399 e. The molecule has 0 bridgehead atoms. The van der Waals surface area contributed by atoms with Crippen LogP contribution in [0.5, 0.6) is 0 Å². The van der Waals surface area contributed by atoms with Gasteiger partial charge in [-0.25, -0.2) is 0 Å². The summed E-state index contributed by atoms with van der Waals surface area (Å²) in [5.74, 6) is 0. The summed E-state index contributed by atoms with van der Waals surface area (Å²) in [5.41, 5.74) is 9.31. The second-order valence-electron chi connectivity index (χ2n) is 4.44. The maximum atomic E-state index is 5.77. The van der Waals surface area contributed by atoms with Crippen LogP contribution in [0.3, 0.4) is 0 Å². The fourth-order valence-electron chi connectivity index (χ4n) is 2.58. The highest BCUT2D eigenvalue weighted by atomic mass is 15.2. The molecule has 1 aliphatic rings. The third-order valence-corrected chi connectivity index (χ3v) is 3.38. The topological polar surface area (TPSA) is 29.3 Å². The Hall–Kier alpha value is -1.18. The van der Waals surface area contributed by atoms with E-state index in [1.54, 1.807) is 0 Å². The highest BCUT2D eigenvalue weighted by molar-refractivity contribution is 5.60. The summed E-state index contributed by atoms with van der Waals surface area (Å²) in [4.78, 5) is 2.54. The lowest BCUT2D eigenvalue weighted by Crippen LogP contribution is -2.28. The highest BCUT2D eigenvalue weighted by Crippen LogP contribution is 2.30. The van der Waals surface area contributed by atoms with E-state index in [0.717, 1.165) is 11.7 Å². The Bertz CT molecular complexity index is 346. The van der Waals surface area contributed by atoms with Crippen molar-refractivity contribution in [1.29, 1.82) is 0 Å². The van der Waals surface area contributed by atoms with Gasteiger partial charge in [-0.2, -0.15) is 0 Å². The second kappa shape index (κ2) is 4.13. The lowest BCUT2D eigenvalue weighted by molar-refractivity contribution is 0.644. The molecular formula is C13H20N2. The molecule has 2 nitrogen and oxygen atoms in total. The van der Waals surface area contributed by atoms with Crippen LogP contribution in [0.15, 0.2) is 18.2 Å². The van der Waals surface area contributed by atoms with E-state index in [9.17, 15) is 0 Å². The minimum atomic E-state index is 0.729. The van der Waals surface area contributed by atoms with Crippen molar-refractivity contribution in [2.75, 3.05) is 17.2 Å². The van der Waals surface area contributed by atoms with Crippen molar-refractivity contribution in [2.45, 2.75) is 39.2 Å².